The number of carbonyl (C=O) groups is 2. The van der Waals surface area contributed by atoms with Crippen LogP contribution in [0.5, 0.6) is 17.4 Å². The van der Waals surface area contributed by atoms with Crippen molar-refractivity contribution in [1.29, 1.82) is 0 Å². The molecule has 0 saturated carbocycles. The van der Waals surface area contributed by atoms with Crippen LogP contribution in [0.3, 0.4) is 0 Å². The fourth-order valence-electron chi connectivity index (χ4n) is 5.13. The lowest BCUT2D eigenvalue weighted by molar-refractivity contribution is -0.376. The highest BCUT2D eigenvalue weighted by Crippen LogP contribution is 2.50. The van der Waals surface area contributed by atoms with Gasteiger partial charge in [-0.15, -0.1) is 0 Å². The summed E-state index contributed by atoms with van der Waals surface area (Å²) in [5.41, 5.74) is -6.37. The summed E-state index contributed by atoms with van der Waals surface area (Å²) in [6.07, 6.45) is -8.29. The van der Waals surface area contributed by atoms with Crippen LogP contribution in [0.2, 0.25) is 0 Å². The summed E-state index contributed by atoms with van der Waals surface area (Å²) in [5, 5.41) is 12.5. The van der Waals surface area contributed by atoms with E-state index in [9.17, 15) is 41.0 Å². The molecule has 2 aliphatic rings. The van der Waals surface area contributed by atoms with Crippen molar-refractivity contribution >= 4 is 11.9 Å². The van der Waals surface area contributed by atoms with Gasteiger partial charge in [0.1, 0.15) is 17.0 Å². The first-order valence-electron chi connectivity index (χ1n) is 13.5. The van der Waals surface area contributed by atoms with Gasteiger partial charge in [0, 0.05) is 41.6 Å². The molecule has 4 heterocycles. The van der Waals surface area contributed by atoms with Crippen LogP contribution < -0.4 is 14.8 Å². The van der Waals surface area contributed by atoms with Gasteiger partial charge in [0.25, 0.3) is 11.5 Å². The summed E-state index contributed by atoms with van der Waals surface area (Å²) in [5.74, 6) is -0.0335. The Morgan fingerprint density at radius 1 is 1.07 bits per heavy atom. The SMILES string of the molecule is CCCc1cc(C(O)(C(F)(F)F)C(F)(F)F)ccc1Oc1ccnc(CN2C(=O)NC(C)(c3cnc4c(c3)CCO4)C2=O)c1. The maximum absolute atomic E-state index is 13.4. The van der Waals surface area contributed by atoms with Crippen LogP contribution in [-0.2, 0) is 35.3 Å². The number of ether oxygens (including phenoxy) is 2. The van der Waals surface area contributed by atoms with Gasteiger partial charge in [0.15, 0.2) is 0 Å². The van der Waals surface area contributed by atoms with Gasteiger partial charge in [-0.3, -0.25) is 14.7 Å². The third-order valence-corrected chi connectivity index (χ3v) is 7.54. The van der Waals surface area contributed by atoms with Crippen LogP contribution in [0.4, 0.5) is 31.1 Å². The second kappa shape index (κ2) is 10.9. The number of aromatic nitrogens is 2. The average Bonchev–Trinajstić information content (AvgIpc) is 3.51. The van der Waals surface area contributed by atoms with Crippen molar-refractivity contribution in [3.63, 3.8) is 0 Å². The summed E-state index contributed by atoms with van der Waals surface area (Å²) >= 11 is 0. The van der Waals surface area contributed by atoms with Gasteiger partial charge in [-0.05, 0) is 43.2 Å². The number of nitrogens with one attached hydrogen (secondary N) is 1. The first-order chi connectivity index (χ1) is 20.6. The monoisotopic (exact) mass is 624 g/mol. The Morgan fingerprint density at radius 2 is 1.80 bits per heavy atom. The Morgan fingerprint density at radius 3 is 2.48 bits per heavy atom. The molecule has 2 aliphatic heterocycles. The van der Waals surface area contributed by atoms with Gasteiger partial charge in [0.2, 0.25) is 5.88 Å². The number of rotatable bonds is 8. The molecular formula is C29H26F6N4O5. The first kappa shape index (κ1) is 31.0. The minimum Gasteiger partial charge on any atom is -0.477 e. The second-order valence-corrected chi connectivity index (χ2v) is 10.6. The third-order valence-electron chi connectivity index (χ3n) is 7.54. The zero-order valence-corrected chi connectivity index (χ0v) is 23.3. The Kier molecular flexibility index (Phi) is 7.72. The van der Waals surface area contributed by atoms with Crippen LogP contribution in [0.1, 0.15) is 48.2 Å². The average molecular weight is 625 g/mol. The number of carbonyl (C=O) groups excluding carboxylic acids is 2. The molecule has 1 fully saturated rings. The van der Waals surface area contributed by atoms with E-state index in [0.29, 0.717) is 43.0 Å². The zero-order valence-electron chi connectivity index (χ0n) is 23.3. The zero-order chi connectivity index (χ0) is 32.1. The van der Waals surface area contributed by atoms with E-state index in [-0.39, 0.29) is 35.7 Å². The molecule has 1 aromatic carbocycles. The number of amides is 3. The van der Waals surface area contributed by atoms with Gasteiger partial charge in [-0.1, -0.05) is 19.4 Å². The predicted molar refractivity (Wildman–Crippen MR) is 141 cm³/mol. The normalized spacial score (nSPS) is 18.7. The number of fused-ring (bicyclic) bond motifs is 1. The number of alkyl halides is 6. The molecule has 15 heteroatoms. The standard InChI is InChI=1S/C29H26F6N4O5/c1-3-4-16-11-18(27(42,28(30,31)32)29(33,34)35)5-6-22(16)44-21-7-9-36-20(13-21)15-39-24(40)26(2,38-25(39)41)19-12-17-8-10-43-23(17)37-14-19/h5-7,9,11-14,42H,3-4,8,10,15H2,1-2H3,(H,38,41). The molecule has 9 nitrogen and oxygen atoms in total. The first-order valence-corrected chi connectivity index (χ1v) is 13.5. The summed E-state index contributed by atoms with van der Waals surface area (Å²) in [6.45, 7) is 3.42. The maximum atomic E-state index is 13.4. The van der Waals surface area contributed by atoms with Gasteiger partial charge >= 0.3 is 18.4 Å². The molecule has 234 valence electrons. The van der Waals surface area contributed by atoms with E-state index >= 15 is 0 Å². The number of hydrogen-bond acceptors (Lipinski definition) is 7. The minimum absolute atomic E-state index is 0.00601. The van der Waals surface area contributed by atoms with E-state index in [1.54, 1.807) is 19.9 Å². The van der Waals surface area contributed by atoms with Crippen LogP contribution in [0.25, 0.3) is 0 Å². The molecule has 1 saturated heterocycles. The van der Waals surface area contributed by atoms with Crippen LogP contribution in [-0.4, -0.2) is 50.9 Å². The summed E-state index contributed by atoms with van der Waals surface area (Å²) in [7, 11) is 0. The van der Waals surface area contributed by atoms with Crippen molar-refractivity contribution in [3.8, 4) is 17.4 Å². The molecular weight excluding hydrogens is 598 g/mol. The maximum Gasteiger partial charge on any atom is 0.430 e. The van der Waals surface area contributed by atoms with E-state index in [1.807, 2.05) is 0 Å². The number of aryl methyl sites for hydroxylation is 1. The number of urea groups is 1. The van der Waals surface area contributed by atoms with E-state index < -0.39 is 41.0 Å². The lowest BCUT2D eigenvalue weighted by Gasteiger charge is -2.33. The number of benzene rings is 1. The molecule has 1 atom stereocenters. The van der Waals surface area contributed by atoms with E-state index in [4.69, 9.17) is 9.47 Å². The molecule has 1 unspecified atom stereocenters. The highest BCUT2D eigenvalue weighted by molar-refractivity contribution is 6.07. The number of pyridine rings is 2. The molecule has 3 amide bonds. The van der Waals surface area contributed by atoms with Crippen LogP contribution >= 0.6 is 0 Å². The third kappa shape index (κ3) is 5.29. The molecule has 2 aromatic heterocycles. The fourth-order valence-corrected chi connectivity index (χ4v) is 5.13. The lowest BCUT2D eigenvalue weighted by Crippen LogP contribution is -2.53. The van der Waals surface area contributed by atoms with Crippen molar-refractivity contribution < 1.29 is 50.5 Å². The van der Waals surface area contributed by atoms with Crippen molar-refractivity contribution in [2.24, 2.45) is 0 Å². The Hall–Kier alpha value is -4.40. The van der Waals surface area contributed by atoms with Gasteiger partial charge < -0.3 is 19.9 Å². The molecule has 3 aromatic rings. The number of imide groups is 1. The number of hydrogen-bond donors (Lipinski definition) is 2. The van der Waals surface area contributed by atoms with Crippen molar-refractivity contribution in [1.82, 2.24) is 20.2 Å². The summed E-state index contributed by atoms with van der Waals surface area (Å²) < 4.78 is 91.9. The number of halogens is 6. The topological polar surface area (TPSA) is 114 Å². The molecule has 0 radical (unpaired) electrons. The largest absolute Gasteiger partial charge is 0.477 e. The number of aliphatic hydroxyl groups is 1. The van der Waals surface area contributed by atoms with E-state index in [0.717, 1.165) is 16.5 Å². The van der Waals surface area contributed by atoms with Gasteiger partial charge in [0.05, 0.1) is 18.8 Å². The highest BCUT2D eigenvalue weighted by Gasteiger charge is 2.71. The summed E-state index contributed by atoms with van der Waals surface area (Å²) in [6, 6.07) is 5.90. The Labute approximate surface area is 246 Å². The minimum atomic E-state index is -6.03. The smallest absolute Gasteiger partial charge is 0.430 e. The summed E-state index contributed by atoms with van der Waals surface area (Å²) in [4.78, 5) is 35.7. The molecule has 2 N–H and O–H groups in total. The van der Waals surface area contributed by atoms with Gasteiger partial charge in [-0.2, -0.15) is 26.3 Å². The van der Waals surface area contributed by atoms with Gasteiger partial charge in [-0.25, -0.2) is 9.78 Å². The molecule has 0 aliphatic carbocycles. The van der Waals surface area contributed by atoms with E-state index in [2.05, 4.69) is 15.3 Å². The van der Waals surface area contributed by atoms with Crippen LogP contribution in [0.15, 0.2) is 48.8 Å². The molecule has 0 bridgehead atoms. The molecule has 44 heavy (non-hydrogen) atoms. The lowest BCUT2D eigenvalue weighted by atomic mass is 9.90. The molecule has 5 rings (SSSR count). The van der Waals surface area contributed by atoms with E-state index in [1.165, 1.54) is 24.5 Å². The number of nitrogens with zero attached hydrogens (tertiary/aromatic N) is 3. The second-order valence-electron chi connectivity index (χ2n) is 10.6. The van der Waals surface area contributed by atoms with Crippen LogP contribution in [0, 0.1) is 0 Å². The Balaban J connectivity index is 1.38. The predicted octanol–water partition coefficient (Wildman–Crippen LogP) is 5.44. The van der Waals surface area contributed by atoms with Crippen molar-refractivity contribution in [2.75, 3.05) is 6.61 Å². The van der Waals surface area contributed by atoms with Crippen molar-refractivity contribution in [2.45, 2.75) is 63.1 Å². The Bertz CT molecular complexity index is 1600. The quantitative estimate of drug-likeness (QED) is 0.254. The fraction of sp³-hybridized carbons (Fsp3) is 0.379. The van der Waals surface area contributed by atoms with Crippen molar-refractivity contribution in [3.05, 3.63) is 76.7 Å². The highest BCUT2D eigenvalue weighted by atomic mass is 19.4. The molecule has 0 spiro atoms.